The van der Waals surface area contributed by atoms with Crippen molar-refractivity contribution in [2.45, 2.75) is 12.8 Å². The number of rotatable bonds is 4. The molecule has 0 N–H and O–H groups in total. The Bertz CT molecular complexity index is 2680. The van der Waals surface area contributed by atoms with E-state index in [4.69, 9.17) is 15.0 Å². The maximum Gasteiger partial charge on any atom is 0.164 e. The van der Waals surface area contributed by atoms with Crippen LogP contribution in [0.5, 0.6) is 0 Å². The third kappa shape index (κ3) is 4.56. The molecule has 0 radical (unpaired) electrons. The van der Waals surface area contributed by atoms with Crippen LogP contribution in [0.15, 0.2) is 152 Å². The van der Waals surface area contributed by atoms with E-state index in [2.05, 4.69) is 144 Å². The Labute approximate surface area is 283 Å². The van der Waals surface area contributed by atoms with E-state index in [1.54, 1.807) is 0 Å². The van der Waals surface area contributed by atoms with Crippen molar-refractivity contribution in [3.8, 4) is 39.9 Å². The van der Waals surface area contributed by atoms with Crippen molar-refractivity contribution in [2.75, 3.05) is 0 Å². The van der Waals surface area contributed by atoms with Gasteiger partial charge in [0, 0.05) is 33.2 Å². The fourth-order valence-corrected chi connectivity index (χ4v) is 7.53. The minimum Gasteiger partial charge on any atom is -0.309 e. The lowest BCUT2D eigenvalue weighted by Crippen LogP contribution is -2.02. The van der Waals surface area contributed by atoms with Crippen molar-refractivity contribution in [2.24, 2.45) is 0 Å². The normalized spacial score (nSPS) is 12.7. The highest BCUT2D eigenvalue weighted by molar-refractivity contribution is 6.28. The Balaban J connectivity index is 1.20. The van der Waals surface area contributed by atoms with Crippen molar-refractivity contribution in [3.63, 3.8) is 0 Å². The zero-order valence-electron chi connectivity index (χ0n) is 26.7. The number of hydrogen-bond acceptors (Lipinski definition) is 3. The molecule has 0 amide bonds. The van der Waals surface area contributed by atoms with E-state index >= 15 is 0 Å². The van der Waals surface area contributed by atoms with Gasteiger partial charge in [-0.1, -0.05) is 127 Å². The molecule has 0 aliphatic heterocycles. The number of fused-ring (bicyclic) bond motifs is 8. The molecule has 1 aliphatic rings. The Morgan fingerprint density at radius 1 is 0.469 bits per heavy atom. The van der Waals surface area contributed by atoms with Gasteiger partial charge in [0.05, 0.1) is 11.0 Å². The van der Waals surface area contributed by atoms with E-state index in [9.17, 15) is 0 Å². The summed E-state index contributed by atoms with van der Waals surface area (Å²) in [6.45, 7) is 0. The summed E-state index contributed by atoms with van der Waals surface area (Å²) in [5.74, 6) is 1.98. The lowest BCUT2D eigenvalue weighted by Gasteiger charge is -2.13. The van der Waals surface area contributed by atoms with Gasteiger partial charge in [-0.15, -0.1) is 0 Å². The molecule has 0 fully saturated rings. The van der Waals surface area contributed by atoms with Crippen LogP contribution in [0.4, 0.5) is 0 Å². The first-order valence-corrected chi connectivity index (χ1v) is 16.8. The Kier molecular flexibility index (Phi) is 6.28. The zero-order valence-corrected chi connectivity index (χ0v) is 26.7. The van der Waals surface area contributed by atoms with Crippen LogP contribution in [0, 0.1) is 0 Å². The number of aryl methyl sites for hydroxylation is 1. The summed E-state index contributed by atoms with van der Waals surface area (Å²) in [4.78, 5) is 15.2. The molecule has 0 saturated heterocycles. The molecular weight excluding hydrogens is 597 g/mol. The summed E-state index contributed by atoms with van der Waals surface area (Å²) in [5, 5.41) is 7.52. The minimum absolute atomic E-state index is 0.649. The van der Waals surface area contributed by atoms with Crippen molar-refractivity contribution in [1.82, 2.24) is 19.5 Å². The quantitative estimate of drug-likeness (QED) is 0.195. The van der Waals surface area contributed by atoms with Crippen LogP contribution in [-0.2, 0) is 6.42 Å². The molecule has 1 aliphatic carbocycles. The highest BCUT2D eigenvalue weighted by Gasteiger charge is 2.19. The molecule has 0 bridgehead atoms. The van der Waals surface area contributed by atoms with E-state index in [1.807, 2.05) is 18.2 Å². The molecule has 4 heteroatoms. The average Bonchev–Trinajstić information content (AvgIpc) is 3.53. The summed E-state index contributed by atoms with van der Waals surface area (Å²) in [6, 6.07) is 51.8. The third-order valence-corrected chi connectivity index (χ3v) is 9.86. The van der Waals surface area contributed by atoms with Crippen molar-refractivity contribution in [1.29, 1.82) is 0 Å². The van der Waals surface area contributed by atoms with Gasteiger partial charge >= 0.3 is 0 Å². The Morgan fingerprint density at radius 3 is 1.76 bits per heavy atom. The van der Waals surface area contributed by atoms with Gasteiger partial charge in [0.2, 0.25) is 0 Å². The molecule has 7 aromatic carbocycles. The first-order chi connectivity index (χ1) is 24.3. The molecule has 0 atom stereocenters. The van der Waals surface area contributed by atoms with Crippen LogP contribution >= 0.6 is 0 Å². The summed E-state index contributed by atoms with van der Waals surface area (Å²) in [5.41, 5.74) is 8.89. The van der Waals surface area contributed by atoms with Crippen LogP contribution in [0.2, 0.25) is 0 Å². The molecule has 2 aromatic heterocycles. The van der Waals surface area contributed by atoms with Gasteiger partial charge < -0.3 is 4.57 Å². The lowest BCUT2D eigenvalue weighted by atomic mass is 9.95. The molecule has 0 spiro atoms. The van der Waals surface area contributed by atoms with Crippen LogP contribution in [0.3, 0.4) is 0 Å². The molecule has 4 nitrogen and oxygen atoms in total. The predicted molar refractivity (Wildman–Crippen MR) is 203 cm³/mol. The van der Waals surface area contributed by atoms with Gasteiger partial charge in [0.1, 0.15) is 0 Å². The molecule has 49 heavy (non-hydrogen) atoms. The van der Waals surface area contributed by atoms with Gasteiger partial charge in [-0.2, -0.15) is 0 Å². The first kappa shape index (κ1) is 27.7. The van der Waals surface area contributed by atoms with Gasteiger partial charge in [0.25, 0.3) is 0 Å². The Hall–Kier alpha value is -6.39. The SMILES string of the molecule is C1=Cc2cc(-c3nc(-c4ccccc4)nc(-c4cccc(-n5c6ccc7ccccc7c6c6c7ccccc7ccc65)c4)n3)ccc2CC1. The van der Waals surface area contributed by atoms with Gasteiger partial charge in [-0.05, 0) is 75.8 Å². The molecule has 2 heterocycles. The number of hydrogen-bond donors (Lipinski definition) is 0. The highest BCUT2D eigenvalue weighted by atomic mass is 15.0. The first-order valence-electron chi connectivity index (χ1n) is 16.8. The zero-order chi connectivity index (χ0) is 32.3. The van der Waals surface area contributed by atoms with Crippen molar-refractivity contribution < 1.29 is 0 Å². The monoisotopic (exact) mass is 626 g/mol. The second-order valence-electron chi connectivity index (χ2n) is 12.8. The standard InChI is InChI=1S/C45H30N4/c1-2-14-32(15-3-1)43-46-44(48-45(47-43)35-22-21-29-11-4-5-16-33(29)27-35)34-17-10-18-36(28-34)49-39-25-23-30-12-6-8-19-37(30)41(39)42-38-20-9-7-13-31(38)24-26-40(42)49/h1-3,5-10,12-28H,4,11H2. The van der Waals surface area contributed by atoms with Crippen molar-refractivity contribution >= 4 is 49.4 Å². The molecule has 0 saturated carbocycles. The smallest absolute Gasteiger partial charge is 0.164 e. The van der Waals surface area contributed by atoms with Crippen LogP contribution in [0.1, 0.15) is 17.5 Å². The average molecular weight is 627 g/mol. The number of benzene rings is 7. The molecule has 230 valence electrons. The fourth-order valence-electron chi connectivity index (χ4n) is 7.53. The second-order valence-corrected chi connectivity index (χ2v) is 12.8. The van der Waals surface area contributed by atoms with E-state index in [0.717, 1.165) is 35.2 Å². The molecule has 9 aromatic rings. The van der Waals surface area contributed by atoms with Gasteiger partial charge in [-0.25, -0.2) is 15.0 Å². The summed E-state index contributed by atoms with van der Waals surface area (Å²) in [6.07, 6.45) is 6.59. The van der Waals surface area contributed by atoms with Crippen LogP contribution < -0.4 is 0 Å². The topological polar surface area (TPSA) is 43.6 Å². The summed E-state index contributed by atoms with van der Waals surface area (Å²) in [7, 11) is 0. The second kappa shape index (κ2) is 11.1. The number of aromatic nitrogens is 4. The fraction of sp³-hybridized carbons (Fsp3) is 0.0444. The Morgan fingerprint density at radius 2 is 1.06 bits per heavy atom. The van der Waals surface area contributed by atoms with Crippen LogP contribution in [-0.4, -0.2) is 19.5 Å². The van der Waals surface area contributed by atoms with E-state index < -0.39 is 0 Å². The highest BCUT2D eigenvalue weighted by Crippen LogP contribution is 2.41. The number of allylic oxidation sites excluding steroid dienone is 1. The van der Waals surface area contributed by atoms with Gasteiger partial charge in [0.15, 0.2) is 17.5 Å². The largest absolute Gasteiger partial charge is 0.309 e. The van der Waals surface area contributed by atoms with E-state index in [0.29, 0.717) is 17.5 Å². The van der Waals surface area contributed by atoms with E-state index in [-0.39, 0.29) is 0 Å². The summed E-state index contributed by atoms with van der Waals surface area (Å²) >= 11 is 0. The van der Waals surface area contributed by atoms with Crippen LogP contribution in [0.25, 0.3) is 89.3 Å². The molecular formula is C45H30N4. The van der Waals surface area contributed by atoms with E-state index in [1.165, 1.54) is 54.5 Å². The maximum atomic E-state index is 5.12. The minimum atomic E-state index is 0.649. The molecule has 10 rings (SSSR count). The predicted octanol–water partition coefficient (Wildman–Crippen LogP) is 11.2. The summed E-state index contributed by atoms with van der Waals surface area (Å²) < 4.78 is 2.39. The lowest BCUT2D eigenvalue weighted by molar-refractivity contribution is 0.985. The number of nitrogens with zero attached hydrogens (tertiary/aromatic N) is 4. The van der Waals surface area contributed by atoms with Gasteiger partial charge in [-0.3, -0.25) is 0 Å². The third-order valence-electron chi connectivity index (χ3n) is 9.86. The maximum absolute atomic E-state index is 5.12. The molecule has 0 unspecified atom stereocenters. The van der Waals surface area contributed by atoms with Crippen molar-refractivity contribution in [3.05, 3.63) is 163 Å².